The van der Waals surface area contributed by atoms with Gasteiger partial charge in [-0.05, 0) is 57.8 Å². The number of unbranched alkanes of at least 4 members (excludes halogenated alkanes) is 22. The maximum absolute atomic E-state index is 12.3. The van der Waals surface area contributed by atoms with Crippen LogP contribution >= 0.6 is 0 Å². The van der Waals surface area contributed by atoms with Crippen LogP contribution in [0.25, 0.3) is 0 Å². The molecule has 0 fully saturated rings. The molecule has 2 unspecified atom stereocenters. The van der Waals surface area contributed by atoms with E-state index in [2.05, 4.69) is 55.6 Å². The van der Waals surface area contributed by atoms with Gasteiger partial charge in [0.05, 0.1) is 18.8 Å². The topological polar surface area (TPSA) is 69.6 Å². The molecule has 3 N–H and O–H groups in total. The molecule has 0 aromatic heterocycles. The van der Waals surface area contributed by atoms with Crippen molar-refractivity contribution in [3.8, 4) is 0 Å². The fourth-order valence-corrected chi connectivity index (χ4v) is 5.76. The fourth-order valence-electron chi connectivity index (χ4n) is 5.76. The molecule has 1 amide bonds. The minimum absolute atomic E-state index is 0.0768. The van der Waals surface area contributed by atoms with Gasteiger partial charge >= 0.3 is 0 Å². The predicted molar refractivity (Wildman–Crippen MR) is 202 cm³/mol. The summed E-state index contributed by atoms with van der Waals surface area (Å²) in [5.41, 5.74) is 0. The molecular formula is C42H77NO3. The zero-order valence-electron chi connectivity index (χ0n) is 30.6. The monoisotopic (exact) mass is 644 g/mol. The van der Waals surface area contributed by atoms with E-state index in [0.29, 0.717) is 6.42 Å². The van der Waals surface area contributed by atoms with Gasteiger partial charge in [0.1, 0.15) is 0 Å². The molecule has 0 aliphatic carbocycles. The summed E-state index contributed by atoms with van der Waals surface area (Å²) in [4.78, 5) is 12.3. The highest BCUT2D eigenvalue weighted by atomic mass is 16.3. The second kappa shape index (κ2) is 37.8. The minimum Gasteiger partial charge on any atom is -0.394 e. The Labute approximate surface area is 286 Å². The van der Waals surface area contributed by atoms with E-state index in [4.69, 9.17) is 0 Å². The zero-order chi connectivity index (χ0) is 33.6. The number of hydrogen-bond acceptors (Lipinski definition) is 3. The first-order valence-electron chi connectivity index (χ1n) is 19.9. The van der Waals surface area contributed by atoms with Crippen LogP contribution in [-0.2, 0) is 4.79 Å². The summed E-state index contributed by atoms with van der Waals surface area (Å²) in [6.45, 7) is 4.18. The number of rotatable bonds is 35. The molecule has 0 spiro atoms. The quantitative estimate of drug-likeness (QED) is 0.0475. The number of amides is 1. The summed E-state index contributed by atoms with van der Waals surface area (Å²) >= 11 is 0. The van der Waals surface area contributed by atoms with Crippen molar-refractivity contribution < 1.29 is 15.0 Å². The number of aliphatic hydroxyl groups is 2. The molecule has 0 aliphatic heterocycles. The Bertz CT molecular complexity index is 741. The summed E-state index contributed by atoms with van der Waals surface area (Å²) in [6.07, 6.45) is 50.6. The first-order chi connectivity index (χ1) is 22.7. The minimum atomic E-state index is -0.860. The Hall–Kier alpha value is -1.65. The molecule has 0 bridgehead atoms. The van der Waals surface area contributed by atoms with Crippen LogP contribution in [0.15, 0.2) is 48.6 Å². The average Bonchev–Trinajstić information content (AvgIpc) is 3.06. The van der Waals surface area contributed by atoms with Gasteiger partial charge < -0.3 is 15.5 Å². The summed E-state index contributed by atoms with van der Waals surface area (Å²) in [7, 11) is 0. The lowest BCUT2D eigenvalue weighted by molar-refractivity contribution is -0.123. The molecule has 0 rings (SSSR count). The van der Waals surface area contributed by atoms with E-state index in [-0.39, 0.29) is 12.5 Å². The van der Waals surface area contributed by atoms with E-state index in [0.717, 1.165) is 44.9 Å². The van der Waals surface area contributed by atoms with E-state index in [1.165, 1.54) is 128 Å². The van der Waals surface area contributed by atoms with Gasteiger partial charge in [-0.2, -0.15) is 0 Å². The van der Waals surface area contributed by atoms with Crippen molar-refractivity contribution in [2.75, 3.05) is 6.61 Å². The van der Waals surface area contributed by atoms with Crippen molar-refractivity contribution in [2.24, 2.45) is 0 Å². The third-order valence-corrected chi connectivity index (χ3v) is 8.80. The van der Waals surface area contributed by atoms with Gasteiger partial charge in [0, 0.05) is 6.42 Å². The number of hydrogen-bond donors (Lipinski definition) is 3. The molecule has 0 saturated heterocycles. The largest absolute Gasteiger partial charge is 0.394 e. The van der Waals surface area contributed by atoms with Crippen molar-refractivity contribution in [2.45, 2.75) is 206 Å². The van der Waals surface area contributed by atoms with Gasteiger partial charge in [-0.3, -0.25) is 4.79 Å². The smallest absolute Gasteiger partial charge is 0.220 e. The molecule has 0 aromatic rings. The van der Waals surface area contributed by atoms with Gasteiger partial charge in [0.25, 0.3) is 0 Å². The third kappa shape index (κ3) is 33.7. The predicted octanol–water partition coefficient (Wildman–Crippen LogP) is 12.0. The second-order valence-corrected chi connectivity index (χ2v) is 13.3. The van der Waals surface area contributed by atoms with Crippen molar-refractivity contribution in [1.82, 2.24) is 5.32 Å². The van der Waals surface area contributed by atoms with Crippen LogP contribution < -0.4 is 5.32 Å². The molecule has 0 radical (unpaired) electrons. The van der Waals surface area contributed by atoms with E-state index < -0.39 is 12.1 Å². The molecule has 4 heteroatoms. The summed E-state index contributed by atoms with van der Waals surface area (Å²) < 4.78 is 0. The second-order valence-electron chi connectivity index (χ2n) is 13.3. The molecule has 0 aliphatic rings. The molecule has 0 aromatic carbocycles. The summed E-state index contributed by atoms with van der Waals surface area (Å²) in [5, 5.41) is 22.9. The first-order valence-corrected chi connectivity index (χ1v) is 19.9. The lowest BCUT2D eigenvalue weighted by atomic mass is 10.0. The van der Waals surface area contributed by atoms with Crippen LogP contribution in [-0.4, -0.2) is 34.9 Å². The highest BCUT2D eigenvalue weighted by Crippen LogP contribution is 2.14. The van der Waals surface area contributed by atoms with Crippen molar-refractivity contribution in [3.05, 3.63) is 48.6 Å². The number of nitrogens with one attached hydrogen (secondary N) is 1. The van der Waals surface area contributed by atoms with Crippen LogP contribution in [0.1, 0.15) is 194 Å². The highest BCUT2D eigenvalue weighted by Gasteiger charge is 2.17. The maximum atomic E-state index is 12.3. The normalized spacial score (nSPS) is 13.6. The Balaban J connectivity index is 3.59. The van der Waals surface area contributed by atoms with Gasteiger partial charge in [0.15, 0.2) is 0 Å². The summed E-state index contributed by atoms with van der Waals surface area (Å²) in [6, 6.07) is -0.637. The molecule has 268 valence electrons. The van der Waals surface area contributed by atoms with Crippen LogP contribution in [0, 0.1) is 0 Å². The molecule has 2 atom stereocenters. The number of carbonyl (C=O) groups excluding carboxylic acids is 1. The Morgan fingerprint density at radius 1 is 0.543 bits per heavy atom. The van der Waals surface area contributed by atoms with Gasteiger partial charge in [-0.25, -0.2) is 0 Å². The van der Waals surface area contributed by atoms with E-state index >= 15 is 0 Å². The third-order valence-electron chi connectivity index (χ3n) is 8.80. The van der Waals surface area contributed by atoms with Crippen molar-refractivity contribution >= 4 is 5.91 Å². The van der Waals surface area contributed by atoms with Gasteiger partial charge in [-0.1, -0.05) is 178 Å². The van der Waals surface area contributed by atoms with Crippen LogP contribution in [0.4, 0.5) is 0 Å². The molecule has 4 nitrogen and oxygen atoms in total. The van der Waals surface area contributed by atoms with Crippen molar-refractivity contribution in [3.63, 3.8) is 0 Å². The standard InChI is InChI=1S/C42H77NO3/c1-3-5-7-9-11-13-15-17-18-19-20-21-22-23-24-26-28-30-32-34-36-38-42(46)43-40(39-44)41(45)37-35-33-31-29-27-25-16-14-12-10-8-6-4-2/h5,7,11,13,27,29,35,37,40-41,44-45H,3-4,6,8-10,12,14-26,28,30-34,36,38-39H2,1-2H3,(H,43,46). The van der Waals surface area contributed by atoms with Gasteiger partial charge in [0.2, 0.25) is 5.91 Å². The Morgan fingerprint density at radius 2 is 0.978 bits per heavy atom. The lowest BCUT2D eigenvalue weighted by Crippen LogP contribution is -2.45. The maximum Gasteiger partial charge on any atom is 0.220 e. The number of carbonyl (C=O) groups is 1. The first kappa shape index (κ1) is 44.4. The fraction of sp³-hybridized carbons (Fsp3) is 0.786. The Morgan fingerprint density at radius 3 is 1.50 bits per heavy atom. The van der Waals surface area contributed by atoms with Crippen LogP contribution in [0.2, 0.25) is 0 Å². The van der Waals surface area contributed by atoms with E-state index in [1.807, 2.05) is 6.08 Å². The molecule has 0 saturated carbocycles. The Kier molecular flexibility index (Phi) is 36.4. The molecular weight excluding hydrogens is 566 g/mol. The van der Waals surface area contributed by atoms with E-state index in [1.54, 1.807) is 6.08 Å². The van der Waals surface area contributed by atoms with Crippen molar-refractivity contribution in [1.29, 1.82) is 0 Å². The molecule has 46 heavy (non-hydrogen) atoms. The summed E-state index contributed by atoms with van der Waals surface area (Å²) in [5.74, 6) is -0.0768. The number of allylic oxidation sites excluding steroid dienone is 7. The number of aliphatic hydroxyl groups excluding tert-OH is 2. The molecule has 0 heterocycles. The highest BCUT2D eigenvalue weighted by molar-refractivity contribution is 5.76. The van der Waals surface area contributed by atoms with Crippen LogP contribution in [0.3, 0.4) is 0 Å². The van der Waals surface area contributed by atoms with E-state index in [9.17, 15) is 15.0 Å². The average molecular weight is 644 g/mol. The lowest BCUT2D eigenvalue weighted by Gasteiger charge is -2.19. The SMILES string of the molecule is CCC=CCC=CCCCCCCCCCCCCCCCCC(=O)NC(CO)C(O)C=CCCC=CCCCCCCCCC. The van der Waals surface area contributed by atoms with Gasteiger partial charge in [-0.15, -0.1) is 0 Å². The zero-order valence-corrected chi connectivity index (χ0v) is 30.6. The van der Waals surface area contributed by atoms with Crippen LogP contribution in [0.5, 0.6) is 0 Å².